The Morgan fingerprint density at radius 3 is 3.06 bits per heavy atom. The van der Waals surface area contributed by atoms with Crippen LogP contribution in [0.4, 0.5) is 5.82 Å². The molecule has 0 saturated carbocycles. The van der Waals surface area contributed by atoms with Gasteiger partial charge in [0, 0.05) is 24.0 Å². The van der Waals surface area contributed by atoms with Gasteiger partial charge in [0.25, 0.3) is 0 Å². The second kappa shape index (κ2) is 6.30. The van der Waals surface area contributed by atoms with Crippen LogP contribution in [0.3, 0.4) is 0 Å². The standard InChI is InChI=1S/C12H14IN3S/c1-2-5-14-12-10(13)8-15-11(16-12)7-9-4-3-6-17-9/h3-4,6,8H,2,5,7H2,1H3,(H,14,15,16). The zero-order valence-electron chi connectivity index (χ0n) is 9.61. The number of hydrogen-bond acceptors (Lipinski definition) is 4. The Bertz CT molecular complexity index is 471. The SMILES string of the molecule is CCCNc1nc(Cc2cccs2)ncc1I. The van der Waals surface area contributed by atoms with E-state index in [1.165, 1.54) is 4.88 Å². The van der Waals surface area contributed by atoms with Crippen molar-refractivity contribution in [3.63, 3.8) is 0 Å². The summed E-state index contributed by atoms with van der Waals surface area (Å²) in [7, 11) is 0. The zero-order valence-corrected chi connectivity index (χ0v) is 12.6. The third kappa shape index (κ3) is 3.64. The van der Waals surface area contributed by atoms with E-state index in [-0.39, 0.29) is 0 Å². The van der Waals surface area contributed by atoms with Crippen LogP contribution in [0.2, 0.25) is 0 Å². The van der Waals surface area contributed by atoms with E-state index in [1.807, 2.05) is 6.20 Å². The minimum atomic E-state index is 0.815. The summed E-state index contributed by atoms with van der Waals surface area (Å²) in [5.74, 6) is 1.83. The highest BCUT2D eigenvalue weighted by Crippen LogP contribution is 2.17. The third-order valence-electron chi connectivity index (χ3n) is 2.25. The van der Waals surface area contributed by atoms with E-state index in [0.717, 1.165) is 34.6 Å². The van der Waals surface area contributed by atoms with Gasteiger partial charge in [0.1, 0.15) is 11.6 Å². The van der Waals surface area contributed by atoms with Crippen molar-refractivity contribution in [1.29, 1.82) is 0 Å². The van der Waals surface area contributed by atoms with E-state index in [2.05, 4.69) is 62.3 Å². The van der Waals surface area contributed by atoms with E-state index >= 15 is 0 Å². The smallest absolute Gasteiger partial charge is 0.143 e. The molecule has 0 atom stereocenters. The summed E-state index contributed by atoms with van der Waals surface area (Å²) < 4.78 is 1.07. The second-order valence-corrected chi connectivity index (χ2v) is 5.86. The lowest BCUT2D eigenvalue weighted by Gasteiger charge is -2.07. The molecule has 2 aromatic rings. The maximum atomic E-state index is 4.56. The molecule has 5 heteroatoms. The molecular weight excluding hydrogens is 345 g/mol. The predicted octanol–water partition coefficient (Wildman–Crippen LogP) is 3.56. The fourth-order valence-electron chi connectivity index (χ4n) is 1.43. The lowest BCUT2D eigenvalue weighted by molar-refractivity contribution is 0.931. The molecule has 0 aliphatic carbocycles. The summed E-state index contributed by atoms with van der Waals surface area (Å²) in [5, 5.41) is 5.41. The van der Waals surface area contributed by atoms with Crippen molar-refractivity contribution < 1.29 is 0 Å². The second-order valence-electron chi connectivity index (χ2n) is 3.67. The topological polar surface area (TPSA) is 37.8 Å². The first-order valence-corrected chi connectivity index (χ1v) is 7.53. The van der Waals surface area contributed by atoms with Crippen LogP contribution in [-0.4, -0.2) is 16.5 Å². The molecule has 2 heterocycles. The van der Waals surface area contributed by atoms with Gasteiger partial charge in [0.2, 0.25) is 0 Å². The van der Waals surface area contributed by atoms with E-state index in [1.54, 1.807) is 11.3 Å². The van der Waals surface area contributed by atoms with E-state index < -0.39 is 0 Å². The van der Waals surface area contributed by atoms with Gasteiger partial charge in [-0.2, -0.15) is 0 Å². The fourth-order valence-corrected chi connectivity index (χ4v) is 2.58. The van der Waals surface area contributed by atoms with Gasteiger partial charge in [-0.25, -0.2) is 9.97 Å². The zero-order chi connectivity index (χ0) is 12.1. The Morgan fingerprint density at radius 1 is 1.47 bits per heavy atom. The van der Waals surface area contributed by atoms with Gasteiger partial charge in [-0.05, 0) is 40.5 Å². The molecule has 0 aliphatic rings. The van der Waals surface area contributed by atoms with Crippen molar-refractivity contribution in [3.8, 4) is 0 Å². The molecule has 0 bridgehead atoms. The Kier molecular flexibility index (Phi) is 4.73. The summed E-state index contributed by atoms with van der Waals surface area (Å²) >= 11 is 4.01. The number of nitrogens with zero attached hydrogens (tertiary/aromatic N) is 2. The number of aromatic nitrogens is 2. The highest BCUT2D eigenvalue weighted by molar-refractivity contribution is 14.1. The highest BCUT2D eigenvalue weighted by Gasteiger charge is 2.05. The fraction of sp³-hybridized carbons (Fsp3) is 0.333. The number of thiophene rings is 1. The van der Waals surface area contributed by atoms with Crippen LogP contribution in [0.15, 0.2) is 23.7 Å². The third-order valence-corrected chi connectivity index (χ3v) is 3.91. The monoisotopic (exact) mass is 359 g/mol. The van der Waals surface area contributed by atoms with E-state index in [9.17, 15) is 0 Å². The molecule has 0 unspecified atom stereocenters. The van der Waals surface area contributed by atoms with Gasteiger partial charge >= 0.3 is 0 Å². The summed E-state index contributed by atoms with van der Waals surface area (Å²) in [6.07, 6.45) is 3.80. The molecule has 90 valence electrons. The van der Waals surface area contributed by atoms with Crippen molar-refractivity contribution >= 4 is 39.7 Å². The molecule has 2 aromatic heterocycles. The lowest BCUT2D eigenvalue weighted by atomic mass is 10.3. The molecule has 3 nitrogen and oxygen atoms in total. The van der Waals surface area contributed by atoms with Gasteiger partial charge in [0.15, 0.2) is 0 Å². The lowest BCUT2D eigenvalue weighted by Crippen LogP contribution is -2.07. The summed E-state index contributed by atoms with van der Waals surface area (Å²) in [4.78, 5) is 10.2. The first-order valence-electron chi connectivity index (χ1n) is 5.57. The van der Waals surface area contributed by atoms with E-state index in [4.69, 9.17) is 0 Å². The number of hydrogen-bond donors (Lipinski definition) is 1. The Labute approximate surface area is 119 Å². The van der Waals surface area contributed by atoms with Crippen molar-refractivity contribution in [3.05, 3.63) is 38.0 Å². The highest BCUT2D eigenvalue weighted by atomic mass is 127. The predicted molar refractivity (Wildman–Crippen MR) is 80.7 cm³/mol. The maximum absolute atomic E-state index is 4.56. The van der Waals surface area contributed by atoms with Crippen LogP contribution < -0.4 is 5.32 Å². The molecule has 2 rings (SSSR count). The largest absolute Gasteiger partial charge is 0.369 e. The quantitative estimate of drug-likeness (QED) is 0.830. The van der Waals surface area contributed by atoms with Crippen LogP contribution in [0.5, 0.6) is 0 Å². The normalized spacial score (nSPS) is 10.5. The van der Waals surface area contributed by atoms with Crippen molar-refractivity contribution in [2.75, 3.05) is 11.9 Å². The molecule has 0 radical (unpaired) electrons. The summed E-state index contributed by atoms with van der Waals surface area (Å²) in [6.45, 7) is 3.10. The van der Waals surface area contributed by atoms with Crippen molar-refractivity contribution in [2.45, 2.75) is 19.8 Å². The number of nitrogens with one attached hydrogen (secondary N) is 1. The molecular formula is C12H14IN3S. The number of anilines is 1. The molecule has 0 saturated heterocycles. The molecule has 17 heavy (non-hydrogen) atoms. The Morgan fingerprint density at radius 2 is 2.35 bits per heavy atom. The number of rotatable bonds is 5. The molecule has 0 aromatic carbocycles. The molecule has 0 aliphatic heterocycles. The Hall–Kier alpha value is -0.690. The van der Waals surface area contributed by atoms with Crippen LogP contribution in [0.25, 0.3) is 0 Å². The molecule has 0 fully saturated rings. The molecule has 0 amide bonds. The first kappa shape index (κ1) is 12.8. The van der Waals surface area contributed by atoms with Crippen LogP contribution in [0, 0.1) is 3.57 Å². The van der Waals surface area contributed by atoms with Gasteiger partial charge < -0.3 is 5.32 Å². The van der Waals surface area contributed by atoms with Crippen LogP contribution in [-0.2, 0) is 6.42 Å². The van der Waals surface area contributed by atoms with Crippen molar-refractivity contribution in [2.24, 2.45) is 0 Å². The average molecular weight is 359 g/mol. The minimum absolute atomic E-state index is 0.815. The van der Waals surface area contributed by atoms with E-state index in [0.29, 0.717) is 0 Å². The number of halogens is 1. The van der Waals surface area contributed by atoms with Gasteiger partial charge in [-0.15, -0.1) is 11.3 Å². The van der Waals surface area contributed by atoms with Crippen LogP contribution >= 0.6 is 33.9 Å². The summed E-state index contributed by atoms with van der Waals surface area (Å²) in [5.41, 5.74) is 0. The van der Waals surface area contributed by atoms with Gasteiger partial charge in [-0.1, -0.05) is 13.0 Å². The minimum Gasteiger partial charge on any atom is -0.369 e. The van der Waals surface area contributed by atoms with Gasteiger partial charge in [-0.3, -0.25) is 0 Å². The van der Waals surface area contributed by atoms with Crippen molar-refractivity contribution in [1.82, 2.24) is 9.97 Å². The van der Waals surface area contributed by atoms with Crippen LogP contribution in [0.1, 0.15) is 24.0 Å². The first-order chi connectivity index (χ1) is 8.29. The average Bonchev–Trinajstić information content (AvgIpc) is 2.82. The molecule has 1 N–H and O–H groups in total. The Balaban J connectivity index is 2.13. The maximum Gasteiger partial charge on any atom is 0.143 e. The van der Waals surface area contributed by atoms with Gasteiger partial charge in [0.05, 0.1) is 3.57 Å². The molecule has 0 spiro atoms. The summed E-state index contributed by atoms with van der Waals surface area (Å²) in [6, 6.07) is 4.17.